The van der Waals surface area contributed by atoms with Crippen LogP contribution in [0.4, 0.5) is 5.69 Å². The molecule has 6 heteroatoms. The van der Waals surface area contributed by atoms with E-state index in [4.69, 9.17) is 14.2 Å². The summed E-state index contributed by atoms with van der Waals surface area (Å²) < 4.78 is 17.4. The van der Waals surface area contributed by atoms with E-state index < -0.39 is 0 Å². The molecule has 134 valence electrons. The first-order valence-corrected chi connectivity index (χ1v) is 9.06. The van der Waals surface area contributed by atoms with Gasteiger partial charge in [0.1, 0.15) is 13.2 Å². The number of anilines is 1. The second-order valence-electron chi connectivity index (χ2n) is 6.94. The van der Waals surface area contributed by atoms with Crippen molar-refractivity contribution in [2.24, 2.45) is 5.92 Å². The fourth-order valence-corrected chi connectivity index (χ4v) is 4.41. The second-order valence-corrected chi connectivity index (χ2v) is 6.94. The first-order valence-electron chi connectivity index (χ1n) is 9.06. The highest BCUT2D eigenvalue weighted by Gasteiger charge is 2.52. The van der Waals surface area contributed by atoms with Crippen LogP contribution in [0.3, 0.4) is 0 Å². The van der Waals surface area contributed by atoms with Gasteiger partial charge in [-0.05, 0) is 42.7 Å². The maximum absolute atomic E-state index is 13.2. The Bertz CT molecular complexity index is 826. The number of benzene rings is 1. The summed E-state index contributed by atoms with van der Waals surface area (Å²) in [6.07, 6.45) is 5.54. The lowest BCUT2D eigenvalue weighted by Crippen LogP contribution is -2.36. The normalized spacial score (nSPS) is 28.8. The summed E-state index contributed by atoms with van der Waals surface area (Å²) in [5, 5.41) is 3.06. The lowest BCUT2D eigenvalue weighted by Gasteiger charge is -2.28. The number of nitrogens with one attached hydrogen (secondary N) is 1. The average molecular weight is 352 g/mol. The Hall–Kier alpha value is -2.60. The van der Waals surface area contributed by atoms with Crippen LogP contribution in [0.25, 0.3) is 0 Å². The largest absolute Gasteiger partial charge is 0.486 e. The van der Waals surface area contributed by atoms with Crippen LogP contribution in [0.5, 0.6) is 11.5 Å². The third-order valence-corrected chi connectivity index (χ3v) is 5.49. The van der Waals surface area contributed by atoms with Gasteiger partial charge in [0.25, 0.3) is 0 Å². The molecule has 2 aromatic rings. The quantitative estimate of drug-likeness (QED) is 0.920. The number of rotatable bonds is 3. The maximum Gasteiger partial charge on any atom is 0.230 e. The monoisotopic (exact) mass is 352 g/mol. The molecule has 2 fully saturated rings. The van der Waals surface area contributed by atoms with Crippen LogP contribution in [0.1, 0.15) is 24.3 Å². The minimum atomic E-state index is -0.212. The lowest BCUT2D eigenvalue weighted by atomic mass is 9.75. The molecule has 4 atom stereocenters. The van der Waals surface area contributed by atoms with E-state index in [9.17, 15) is 4.79 Å². The summed E-state index contributed by atoms with van der Waals surface area (Å²) in [4.78, 5) is 17.3. The standard InChI is InChI=1S/C20H20N2O4/c23-20(22-13-2-1-3-16-19(13)25-11-10-24-16)18-15-5-4-14(26-15)17(18)12-6-8-21-9-7-12/h1-3,6-9,14-15,17-18H,4-5,10-11H2,(H,22,23)/t14-,15+,17+,18+/m0/s1. The van der Waals surface area contributed by atoms with E-state index in [1.807, 2.05) is 30.3 Å². The molecule has 3 aliphatic rings. The van der Waals surface area contributed by atoms with Crippen molar-refractivity contribution in [1.82, 2.24) is 4.98 Å². The first kappa shape index (κ1) is 15.6. The molecule has 5 rings (SSSR count). The molecule has 0 radical (unpaired) electrons. The van der Waals surface area contributed by atoms with E-state index in [1.54, 1.807) is 12.4 Å². The molecule has 1 amide bonds. The van der Waals surface area contributed by atoms with Gasteiger partial charge in [0, 0.05) is 18.3 Å². The predicted octanol–water partition coefficient (Wildman–Crippen LogP) is 2.75. The van der Waals surface area contributed by atoms with Gasteiger partial charge in [-0.15, -0.1) is 0 Å². The molecule has 1 N–H and O–H groups in total. The number of carbonyl (C=O) groups is 1. The Kier molecular flexibility index (Phi) is 3.78. The van der Waals surface area contributed by atoms with E-state index in [0.29, 0.717) is 30.4 Å². The number of pyridine rings is 1. The van der Waals surface area contributed by atoms with Crippen molar-refractivity contribution in [3.63, 3.8) is 0 Å². The number of aromatic nitrogens is 1. The topological polar surface area (TPSA) is 69.7 Å². The van der Waals surface area contributed by atoms with Crippen molar-refractivity contribution in [1.29, 1.82) is 0 Å². The molecule has 1 aromatic carbocycles. The van der Waals surface area contributed by atoms with Crippen LogP contribution in [-0.4, -0.2) is 36.3 Å². The summed E-state index contributed by atoms with van der Waals surface area (Å²) >= 11 is 0. The predicted molar refractivity (Wildman–Crippen MR) is 94.4 cm³/mol. The van der Waals surface area contributed by atoms with Crippen LogP contribution < -0.4 is 14.8 Å². The highest BCUT2D eigenvalue weighted by atomic mass is 16.6. The Balaban J connectivity index is 1.43. The van der Waals surface area contributed by atoms with Gasteiger partial charge in [0.15, 0.2) is 11.5 Å². The van der Waals surface area contributed by atoms with Gasteiger partial charge in [-0.25, -0.2) is 0 Å². The number of hydrogen-bond acceptors (Lipinski definition) is 5. The highest BCUT2D eigenvalue weighted by molar-refractivity contribution is 5.96. The number of carbonyl (C=O) groups excluding carboxylic acids is 1. The van der Waals surface area contributed by atoms with Crippen molar-refractivity contribution in [2.75, 3.05) is 18.5 Å². The molecule has 0 aliphatic carbocycles. The Labute approximate surface area is 151 Å². The third-order valence-electron chi connectivity index (χ3n) is 5.49. The third kappa shape index (κ3) is 2.52. The van der Waals surface area contributed by atoms with Crippen molar-refractivity contribution >= 4 is 11.6 Å². The molecule has 0 unspecified atom stereocenters. The smallest absolute Gasteiger partial charge is 0.230 e. The minimum absolute atomic E-state index is 0.0263. The number of fused-ring (bicyclic) bond motifs is 3. The Morgan fingerprint density at radius 1 is 1.04 bits per heavy atom. The van der Waals surface area contributed by atoms with Crippen molar-refractivity contribution in [3.05, 3.63) is 48.3 Å². The van der Waals surface area contributed by atoms with E-state index >= 15 is 0 Å². The summed E-state index contributed by atoms with van der Waals surface area (Å²) in [5.41, 5.74) is 1.77. The van der Waals surface area contributed by atoms with Gasteiger partial charge in [0.05, 0.1) is 23.8 Å². The van der Waals surface area contributed by atoms with E-state index in [0.717, 1.165) is 18.4 Å². The van der Waals surface area contributed by atoms with Crippen molar-refractivity contribution in [2.45, 2.75) is 31.0 Å². The molecule has 26 heavy (non-hydrogen) atoms. The molecule has 2 bridgehead atoms. The van der Waals surface area contributed by atoms with Gasteiger partial charge in [-0.2, -0.15) is 0 Å². The summed E-state index contributed by atoms with van der Waals surface area (Å²) in [7, 11) is 0. The molecule has 4 heterocycles. The zero-order valence-corrected chi connectivity index (χ0v) is 14.3. The average Bonchev–Trinajstić information content (AvgIpc) is 3.30. The number of hydrogen-bond donors (Lipinski definition) is 1. The fourth-order valence-electron chi connectivity index (χ4n) is 4.41. The molecule has 1 aromatic heterocycles. The Morgan fingerprint density at radius 2 is 1.85 bits per heavy atom. The highest BCUT2D eigenvalue weighted by Crippen LogP contribution is 2.49. The van der Waals surface area contributed by atoms with Crippen LogP contribution in [0.2, 0.25) is 0 Å². The minimum Gasteiger partial charge on any atom is -0.486 e. The number of para-hydroxylation sites is 1. The molecular weight excluding hydrogens is 332 g/mol. The van der Waals surface area contributed by atoms with E-state index in [2.05, 4.69) is 10.3 Å². The number of ether oxygens (including phenoxy) is 3. The van der Waals surface area contributed by atoms with Crippen LogP contribution in [0, 0.1) is 5.92 Å². The maximum atomic E-state index is 13.2. The second kappa shape index (κ2) is 6.29. The van der Waals surface area contributed by atoms with Gasteiger partial charge in [0.2, 0.25) is 5.91 Å². The van der Waals surface area contributed by atoms with Crippen molar-refractivity contribution in [3.8, 4) is 11.5 Å². The van der Waals surface area contributed by atoms with Gasteiger partial charge in [-0.3, -0.25) is 9.78 Å². The molecule has 2 saturated heterocycles. The van der Waals surface area contributed by atoms with Crippen LogP contribution in [0.15, 0.2) is 42.7 Å². The fraction of sp³-hybridized carbons (Fsp3) is 0.400. The summed E-state index contributed by atoms with van der Waals surface area (Å²) in [6.45, 7) is 1.01. The number of amides is 1. The summed E-state index contributed by atoms with van der Waals surface area (Å²) in [5.74, 6) is 1.10. The van der Waals surface area contributed by atoms with E-state index in [-0.39, 0.29) is 30.0 Å². The Morgan fingerprint density at radius 3 is 2.73 bits per heavy atom. The molecule has 6 nitrogen and oxygen atoms in total. The molecule has 0 saturated carbocycles. The van der Waals surface area contributed by atoms with Gasteiger partial charge >= 0.3 is 0 Å². The zero-order chi connectivity index (χ0) is 17.5. The molecular formula is C20H20N2O4. The molecule has 3 aliphatic heterocycles. The van der Waals surface area contributed by atoms with Gasteiger partial charge < -0.3 is 19.5 Å². The van der Waals surface area contributed by atoms with Crippen molar-refractivity contribution < 1.29 is 19.0 Å². The summed E-state index contributed by atoms with van der Waals surface area (Å²) in [6, 6.07) is 9.53. The zero-order valence-electron chi connectivity index (χ0n) is 14.3. The molecule has 0 spiro atoms. The number of nitrogens with zero attached hydrogens (tertiary/aromatic N) is 1. The van der Waals surface area contributed by atoms with E-state index in [1.165, 1.54) is 0 Å². The van der Waals surface area contributed by atoms with Crippen LogP contribution >= 0.6 is 0 Å². The van der Waals surface area contributed by atoms with Crippen LogP contribution in [-0.2, 0) is 9.53 Å². The first-order chi connectivity index (χ1) is 12.8. The lowest BCUT2D eigenvalue weighted by molar-refractivity contribution is -0.121. The van der Waals surface area contributed by atoms with Gasteiger partial charge in [-0.1, -0.05) is 6.07 Å². The SMILES string of the molecule is O=C(Nc1cccc2c1OCCO2)[C@H]1[C@H](c2ccncc2)[C@@H]2CC[C@H]1O2.